The van der Waals surface area contributed by atoms with Crippen molar-refractivity contribution < 1.29 is 28.6 Å². The second-order valence-electron chi connectivity index (χ2n) is 6.34. The molecule has 0 aliphatic heterocycles. The second-order valence-corrected chi connectivity index (χ2v) is 6.34. The van der Waals surface area contributed by atoms with E-state index in [2.05, 4.69) is 10.3 Å². The van der Waals surface area contributed by atoms with E-state index < -0.39 is 11.9 Å². The van der Waals surface area contributed by atoms with E-state index in [-0.39, 0.29) is 34.9 Å². The SMILES string of the molecule is COCC(=O)Nc1cc(C(=O)OC)c(O)c2ncc(Cc3ccc(F)cc3)cc12. The number of aromatic nitrogens is 1. The molecule has 0 saturated heterocycles. The number of methoxy groups -OCH3 is 2. The van der Waals surface area contributed by atoms with Crippen LogP contribution in [0.2, 0.25) is 0 Å². The molecule has 0 unspecified atom stereocenters. The van der Waals surface area contributed by atoms with E-state index in [1.54, 1.807) is 24.4 Å². The Balaban J connectivity index is 2.09. The number of carbonyl (C=O) groups is 2. The normalized spacial score (nSPS) is 10.7. The number of carbonyl (C=O) groups excluding carboxylic acids is 2. The average molecular weight is 398 g/mol. The van der Waals surface area contributed by atoms with Crippen molar-refractivity contribution in [2.75, 3.05) is 26.1 Å². The number of benzene rings is 2. The summed E-state index contributed by atoms with van der Waals surface area (Å²) < 4.78 is 22.6. The first-order chi connectivity index (χ1) is 13.9. The van der Waals surface area contributed by atoms with Crippen LogP contribution >= 0.6 is 0 Å². The van der Waals surface area contributed by atoms with Gasteiger partial charge in [0.15, 0.2) is 5.75 Å². The maximum atomic E-state index is 13.1. The van der Waals surface area contributed by atoms with Crippen molar-refractivity contribution in [3.8, 4) is 5.75 Å². The van der Waals surface area contributed by atoms with Gasteiger partial charge in [0.1, 0.15) is 23.5 Å². The fourth-order valence-electron chi connectivity index (χ4n) is 2.94. The quantitative estimate of drug-likeness (QED) is 0.489. The summed E-state index contributed by atoms with van der Waals surface area (Å²) in [6, 6.07) is 9.15. The van der Waals surface area contributed by atoms with Gasteiger partial charge in [0.25, 0.3) is 0 Å². The Hall–Kier alpha value is -3.52. The van der Waals surface area contributed by atoms with E-state index in [1.807, 2.05) is 0 Å². The summed E-state index contributed by atoms with van der Waals surface area (Å²) in [6.45, 7) is -0.182. The van der Waals surface area contributed by atoms with Gasteiger partial charge in [-0.05, 0) is 41.8 Å². The van der Waals surface area contributed by atoms with E-state index in [0.717, 1.165) is 11.1 Å². The van der Waals surface area contributed by atoms with Crippen molar-refractivity contribution in [2.45, 2.75) is 6.42 Å². The number of halogens is 1. The molecule has 8 heteroatoms. The standard InChI is InChI=1S/C21H19FN2O5/c1-28-11-18(25)24-17-9-16(21(27)29-2)20(26)19-15(17)8-13(10-23-19)7-12-3-5-14(22)6-4-12/h3-6,8-10,26H,7,11H2,1-2H3,(H,24,25). The third-order valence-electron chi connectivity index (χ3n) is 4.28. The minimum Gasteiger partial charge on any atom is -0.505 e. The van der Waals surface area contributed by atoms with Crippen LogP contribution in [-0.2, 0) is 20.7 Å². The highest BCUT2D eigenvalue weighted by atomic mass is 19.1. The number of nitrogens with zero attached hydrogens (tertiary/aromatic N) is 1. The van der Waals surface area contributed by atoms with Crippen LogP contribution in [-0.4, -0.2) is 42.8 Å². The molecule has 3 aromatic rings. The fraction of sp³-hybridized carbons (Fsp3) is 0.190. The molecule has 2 aromatic carbocycles. The number of fused-ring (bicyclic) bond motifs is 1. The van der Waals surface area contributed by atoms with Gasteiger partial charge in [0, 0.05) is 18.7 Å². The number of hydrogen-bond donors (Lipinski definition) is 2. The number of anilines is 1. The van der Waals surface area contributed by atoms with Gasteiger partial charge < -0.3 is 19.9 Å². The van der Waals surface area contributed by atoms with Crippen LogP contribution in [0.25, 0.3) is 10.9 Å². The molecule has 1 amide bonds. The zero-order valence-corrected chi connectivity index (χ0v) is 15.9. The molecule has 0 atom stereocenters. The first-order valence-corrected chi connectivity index (χ1v) is 8.69. The molecule has 29 heavy (non-hydrogen) atoms. The molecule has 0 saturated carbocycles. The van der Waals surface area contributed by atoms with Crippen LogP contribution in [0, 0.1) is 5.82 Å². The number of hydrogen-bond acceptors (Lipinski definition) is 6. The molecule has 0 aliphatic rings. The highest BCUT2D eigenvalue weighted by Crippen LogP contribution is 2.34. The summed E-state index contributed by atoms with van der Waals surface area (Å²) in [6.07, 6.45) is 2.02. The van der Waals surface area contributed by atoms with Crippen LogP contribution in [0.3, 0.4) is 0 Å². The Morgan fingerprint density at radius 1 is 1.14 bits per heavy atom. The van der Waals surface area contributed by atoms with Crippen LogP contribution in [0.15, 0.2) is 42.6 Å². The predicted octanol–water partition coefficient (Wildman–Crippen LogP) is 3.04. The lowest BCUT2D eigenvalue weighted by atomic mass is 10.0. The van der Waals surface area contributed by atoms with Crippen LogP contribution in [0.1, 0.15) is 21.5 Å². The van der Waals surface area contributed by atoms with Crippen LogP contribution < -0.4 is 5.32 Å². The van der Waals surface area contributed by atoms with E-state index in [1.165, 1.54) is 32.4 Å². The first-order valence-electron chi connectivity index (χ1n) is 8.69. The molecule has 150 valence electrons. The number of phenolic OH excluding ortho intramolecular Hbond substituents is 1. The number of pyridine rings is 1. The van der Waals surface area contributed by atoms with Gasteiger partial charge in [-0.25, -0.2) is 9.18 Å². The Labute approximate surface area is 166 Å². The van der Waals surface area contributed by atoms with E-state index in [9.17, 15) is 19.1 Å². The third-order valence-corrected chi connectivity index (χ3v) is 4.28. The number of ether oxygens (including phenoxy) is 2. The van der Waals surface area contributed by atoms with Gasteiger partial charge >= 0.3 is 5.97 Å². The summed E-state index contributed by atoms with van der Waals surface area (Å²) in [5, 5.41) is 13.6. The van der Waals surface area contributed by atoms with Gasteiger partial charge in [0.05, 0.1) is 12.8 Å². The number of rotatable bonds is 6. The Kier molecular flexibility index (Phi) is 6.04. The van der Waals surface area contributed by atoms with E-state index in [0.29, 0.717) is 11.8 Å². The fourth-order valence-corrected chi connectivity index (χ4v) is 2.94. The molecule has 1 aromatic heterocycles. The number of aromatic hydroxyl groups is 1. The molecule has 1 heterocycles. The molecule has 3 rings (SSSR count). The van der Waals surface area contributed by atoms with E-state index >= 15 is 0 Å². The van der Waals surface area contributed by atoms with Crippen LogP contribution in [0.4, 0.5) is 10.1 Å². The van der Waals surface area contributed by atoms with Gasteiger partial charge in [-0.1, -0.05) is 12.1 Å². The third kappa shape index (κ3) is 4.49. The lowest BCUT2D eigenvalue weighted by Gasteiger charge is -2.13. The van der Waals surface area contributed by atoms with Gasteiger partial charge in [-0.2, -0.15) is 0 Å². The summed E-state index contributed by atoms with van der Waals surface area (Å²) in [4.78, 5) is 28.3. The monoisotopic (exact) mass is 398 g/mol. The van der Waals surface area contributed by atoms with Crippen molar-refractivity contribution in [1.82, 2.24) is 4.98 Å². The minimum absolute atomic E-state index is 0.119. The Morgan fingerprint density at radius 2 is 1.86 bits per heavy atom. The molecule has 0 fully saturated rings. The summed E-state index contributed by atoms with van der Waals surface area (Å²) >= 11 is 0. The molecule has 0 spiro atoms. The summed E-state index contributed by atoms with van der Waals surface area (Å²) in [5.41, 5.74) is 1.95. The molecular formula is C21H19FN2O5. The molecule has 0 aliphatic carbocycles. The van der Waals surface area contributed by atoms with Gasteiger partial charge in [-0.15, -0.1) is 0 Å². The Morgan fingerprint density at radius 3 is 2.52 bits per heavy atom. The molecular weight excluding hydrogens is 379 g/mol. The van der Waals surface area contributed by atoms with Crippen LogP contribution in [0.5, 0.6) is 5.75 Å². The topological polar surface area (TPSA) is 97.8 Å². The van der Waals surface area contributed by atoms with Crippen molar-refractivity contribution >= 4 is 28.5 Å². The van der Waals surface area contributed by atoms with Gasteiger partial charge in [-0.3, -0.25) is 9.78 Å². The lowest BCUT2D eigenvalue weighted by Crippen LogP contribution is -2.18. The lowest BCUT2D eigenvalue weighted by molar-refractivity contribution is -0.119. The molecule has 2 N–H and O–H groups in total. The number of esters is 1. The minimum atomic E-state index is -0.760. The van der Waals surface area contributed by atoms with Gasteiger partial charge in [0.2, 0.25) is 5.91 Å². The van der Waals surface area contributed by atoms with Crippen molar-refractivity contribution in [1.29, 1.82) is 0 Å². The summed E-state index contributed by atoms with van der Waals surface area (Å²) in [7, 11) is 2.57. The largest absolute Gasteiger partial charge is 0.505 e. The predicted molar refractivity (Wildman–Crippen MR) is 104 cm³/mol. The highest BCUT2D eigenvalue weighted by Gasteiger charge is 2.20. The molecule has 0 radical (unpaired) electrons. The number of amides is 1. The van der Waals surface area contributed by atoms with Crippen molar-refractivity contribution in [3.63, 3.8) is 0 Å². The average Bonchev–Trinajstić information content (AvgIpc) is 2.71. The maximum absolute atomic E-state index is 13.1. The second kappa shape index (κ2) is 8.66. The zero-order chi connectivity index (χ0) is 21.0. The summed E-state index contributed by atoms with van der Waals surface area (Å²) in [5.74, 6) is -1.86. The maximum Gasteiger partial charge on any atom is 0.341 e. The zero-order valence-electron chi connectivity index (χ0n) is 15.9. The Bertz CT molecular complexity index is 1070. The van der Waals surface area contributed by atoms with E-state index in [4.69, 9.17) is 9.47 Å². The molecule has 0 bridgehead atoms. The first kappa shape index (κ1) is 20.2. The number of phenols is 1. The number of nitrogens with one attached hydrogen (secondary N) is 1. The van der Waals surface area contributed by atoms with Crippen molar-refractivity contribution in [2.24, 2.45) is 0 Å². The smallest absolute Gasteiger partial charge is 0.341 e. The van der Waals surface area contributed by atoms with Crippen molar-refractivity contribution in [3.05, 3.63) is 65.1 Å². The highest BCUT2D eigenvalue weighted by molar-refractivity contribution is 6.08. The molecule has 7 nitrogen and oxygen atoms in total.